The van der Waals surface area contributed by atoms with Gasteiger partial charge in [0.2, 0.25) is 0 Å². The molecule has 4 nitrogen and oxygen atoms in total. The fourth-order valence-electron chi connectivity index (χ4n) is 2.70. The Bertz CT molecular complexity index is 337. The molecule has 0 bridgehead atoms. The zero-order chi connectivity index (χ0) is 16.4. The van der Waals surface area contributed by atoms with Crippen LogP contribution in [0.25, 0.3) is 0 Å². The molecule has 138 valence electrons. The lowest BCUT2D eigenvalue weighted by Gasteiger charge is -2.36. The van der Waals surface area contributed by atoms with E-state index in [1.165, 1.54) is 25.7 Å². The van der Waals surface area contributed by atoms with Crippen molar-refractivity contribution in [3.8, 4) is 0 Å². The van der Waals surface area contributed by atoms with Crippen molar-refractivity contribution < 1.29 is 13.2 Å². The van der Waals surface area contributed by atoms with Crippen LogP contribution in [0.5, 0.6) is 0 Å². The van der Waals surface area contributed by atoms with Crippen molar-refractivity contribution >= 4 is 29.9 Å². The van der Waals surface area contributed by atoms with Crippen LogP contribution in [0.2, 0.25) is 0 Å². The van der Waals surface area contributed by atoms with E-state index in [1.54, 1.807) is 7.05 Å². The number of likely N-dealkylation sites (tertiary alicyclic amines) is 1. The van der Waals surface area contributed by atoms with Gasteiger partial charge in [-0.2, -0.15) is 13.2 Å². The highest BCUT2D eigenvalue weighted by Crippen LogP contribution is 2.18. The summed E-state index contributed by atoms with van der Waals surface area (Å²) in [7, 11) is 1.58. The van der Waals surface area contributed by atoms with Crippen LogP contribution in [-0.2, 0) is 0 Å². The van der Waals surface area contributed by atoms with Crippen LogP contribution in [0.4, 0.5) is 13.2 Å². The predicted octanol–water partition coefficient (Wildman–Crippen LogP) is 3.38. The Morgan fingerprint density at radius 2 is 2.00 bits per heavy atom. The molecule has 0 saturated carbocycles. The summed E-state index contributed by atoms with van der Waals surface area (Å²) in [5.41, 5.74) is 0. The summed E-state index contributed by atoms with van der Waals surface area (Å²) in [5, 5.41) is 5.89. The molecular formula is C15H30F3IN4. The van der Waals surface area contributed by atoms with E-state index in [0.29, 0.717) is 12.0 Å². The molecule has 1 atom stereocenters. The number of nitrogens with one attached hydrogen (secondary N) is 2. The fraction of sp³-hybridized carbons (Fsp3) is 0.933. The lowest BCUT2D eigenvalue weighted by atomic mass is 10.0. The van der Waals surface area contributed by atoms with Crippen LogP contribution >= 0.6 is 24.0 Å². The molecule has 0 aromatic carbocycles. The van der Waals surface area contributed by atoms with Gasteiger partial charge in [0.05, 0.1) is 6.42 Å². The van der Waals surface area contributed by atoms with E-state index < -0.39 is 12.6 Å². The lowest BCUT2D eigenvalue weighted by Crippen LogP contribution is -2.49. The van der Waals surface area contributed by atoms with E-state index in [1.807, 2.05) is 0 Å². The Kier molecular flexibility index (Phi) is 12.0. The number of rotatable bonds is 7. The van der Waals surface area contributed by atoms with Crippen molar-refractivity contribution in [2.75, 3.05) is 33.2 Å². The van der Waals surface area contributed by atoms with Crippen LogP contribution in [0.3, 0.4) is 0 Å². The Hall–Kier alpha value is -0.250. The SMILES string of the molecule is CCCCN1CCCCC1CNC(=NC)NCCC(F)(F)F.I. The van der Waals surface area contributed by atoms with E-state index in [0.717, 1.165) is 26.1 Å². The summed E-state index contributed by atoms with van der Waals surface area (Å²) in [5.74, 6) is 0.449. The molecule has 0 aromatic rings. The van der Waals surface area contributed by atoms with Gasteiger partial charge in [-0.1, -0.05) is 19.8 Å². The summed E-state index contributed by atoms with van der Waals surface area (Å²) in [6.07, 6.45) is 0.975. The molecule has 1 fully saturated rings. The molecule has 23 heavy (non-hydrogen) atoms. The van der Waals surface area contributed by atoms with Crippen LogP contribution in [-0.4, -0.2) is 56.3 Å². The van der Waals surface area contributed by atoms with E-state index in [-0.39, 0.29) is 30.5 Å². The molecule has 1 heterocycles. The van der Waals surface area contributed by atoms with Gasteiger partial charge in [0.25, 0.3) is 0 Å². The molecule has 0 amide bonds. The maximum atomic E-state index is 12.1. The average Bonchev–Trinajstić information content (AvgIpc) is 2.48. The van der Waals surface area contributed by atoms with Crippen LogP contribution in [0, 0.1) is 0 Å². The number of aliphatic imine (C=N–C) groups is 1. The molecular weight excluding hydrogens is 420 g/mol. The third-order valence-corrected chi connectivity index (χ3v) is 3.98. The maximum absolute atomic E-state index is 12.1. The number of nitrogens with zero attached hydrogens (tertiary/aromatic N) is 2. The molecule has 1 aliphatic rings. The molecule has 1 saturated heterocycles. The first-order valence-corrected chi connectivity index (χ1v) is 8.21. The summed E-state index contributed by atoms with van der Waals surface area (Å²) in [6.45, 7) is 4.99. The Balaban J connectivity index is 0.00000484. The zero-order valence-corrected chi connectivity index (χ0v) is 16.4. The fourth-order valence-corrected chi connectivity index (χ4v) is 2.70. The standard InChI is InChI=1S/C15H29F3N4.HI/c1-3-4-10-22-11-6-5-7-13(22)12-21-14(19-2)20-9-8-15(16,17)18;/h13H,3-12H2,1-2H3,(H2,19,20,21);1H. The van der Waals surface area contributed by atoms with Crippen molar-refractivity contribution in [3.05, 3.63) is 0 Å². The van der Waals surface area contributed by atoms with Crippen molar-refractivity contribution in [3.63, 3.8) is 0 Å². The highest BCUT2D eigenvalue weighted by molar-refractivity contribution is 14.0. The second-order valence-electron chi connectivity index (χ2n) is 5.78. The van der Waals surface area contributed by atoms with Gasteiger partial charge in [-0.05, 0) is 32.4 Å². The number of hydrogen-bond donors (Lipinski definition) is 2. The quantitative estimate of drug-likeness (QED) is 0.355. The molecule has 2 N–H and O–H groups in total. The average molecular weight is 450 g/mol. The monoisotopic (exact) mass is 450 g/mol. The van der Waals surface area contributed by atoms with Gasteiger partial charge in [0.1, 0.15) is 0 Å². The van der Waals surface area contributed by atoms with E-state index >= 15 is 0 Å². The maximum Gasteiger partial charge on any atom is 0.390 e. The summed E-state index contributed by atoms with van der Waals surface area (Å²) in [4.78, 5) is 6.48. The molecule has 1 aliphatic heterocycles. The predicted molar refractivity (Wildman–Crippen MR) is 99.6 cm³/mol. The van der Waals surface area contributed by atoms with Gasteiger partial charge in [-0.3, -0.25) is 9.89 Å². The minimum Gasteiger partial charge on any atom is -0.356 e. The van der Waals surface area contributed by atoms with Gasteiger partial charge in [-0.15, -0.1) is 24.0 Å². The first-order chi connectivity index (χ1) is 10.5. The van der Waals surface area contributed by atoms with Crippen molar-refractivity contribution in [2.24, 2.45) is 4.99 Å². The molecule has 0 aliphatic carbocycles. The number of hydrogen-bond acceptors (Lipinski definition) is 2. The van der Waals surface area contributed by atoms with Gasteiger partial charge in [0, 0.05) is 26.2 Å². The second-order valence-corrected chi connectivity index (χ2v) is 5.78. The second kappa shape index (κ2) is 12.2. The third kappa shape index (κ3) is 10.3. The Morgan fingerprint density at radius 1 is 1.26 bits per heavy atom. The number of halogens is 4. The van der Waals surface area contributed by atoms with Gasteiger partial charge < -0.3 is 10.6 Å². The Morgan fingerprint density at radius 3 is 2.61 bits per heavy atom. The lowest BCUT2D eigenvalue weighted by molar-refractivity contribution is -0.132. The minimum absolute atomic E-state index is 0. The number of unbranched alkanes of at least 4 members (excludes halogenated alkanes) is 1. The highest BCUT2D eigenvalue weighted by Gasteiger charge is 2.26. The molecule has 1 unspecified atom stereocenters. The number of piperidine rings is 1. The minimum atomic E-state index is -4.13. The van der Waals surface area contributed by atoms with E-state index in [9.17, 15) is 13.2 Å². The van der Waals surface area contributed by atoms with Crippen LogP contribution in [0.15, 0.2) is 4.99 Å². The molecule has 1 rings (SSSR count). The van der Waals surface area contributed by atoms with Crippen molar-refractivity contribution in [1.29, 1.82) is 0 Å². The zero-order valence-electron chi connectivity index (χ0n) is 14.1. The summed E-state index contributed by atoms with van der Waals surface area (Å²) in [6, 6.07) is 0.446. The molecule has 0 radical (unpaired) electrons. The van der Waals surface area contributed by atoms with Gasteiger partial charge in [-0.25, -0.2) is 0 Å². The van der Waals surface area contributed by atoms with Crippen molar-refractivity contribution in [2.45, 2.75) is 57.7 Å². The highest BCUT2D eigenvalue weighted by atomic mass is 127. The number of guanidine groups is 1. The van der Waals surface area contributed by atoms with Crippen LogP contribution in [0.1, 0.15) is 45.4 Å². The van der Waals surface area contributed by atoms with Gasteiger partial charge in [0.15, 0.2) is 5.96 Å². The normalized spacial score (nSPS) is 20.0. The largest absolute Gasteiger partial charge is 0.390 e. The first kappa shape index (κ1) is 22.8. The van der Waals surface area contributed by atoms with Gasteiger partial charge >= 0.3 is 6.18 Å². The smallest absolute Gasteiger partial charge is 0.356 e. The number of alkyl halides is 3. The Labute approximate surface area is 154 Å². The first-order valence-electron chi connectivity index (χ1n) is 8.21. The third-order valence-electron chi connectivity index (χ3n) is 3.98. The molecule has 8 heteroatoms. The summed E-state index contributed by atoms with van der Waals surface area (Å²) >= 11 is 0. The van der Waals surface area contributed by atoms with E-state index in [2.05, 4.69) is 27.4 Å². The topological polar surface area (TPSA) is 39.7 Å². The molecule has 0 aromatic heterocycles. The van der Waals surface area contributed by atoms with Crippen LogP contribution < -0.4 is 10.6 Å². The van der Waals surface area contributed by atoms with E-state index in [4.69, 9.17) is 0 Å². The molecule has 0 spiro atoms. The summed E-state index contributed by atoms with van der Waals surface area (Å²) < 4.78 is 36.4. The van der Waals surface area contributed by atoms with Crippen molar-refractivity contribution in [1.82, 2.24) is 15.5 Å².